The number of nitrogens with zero attached hydrogens (tertiary/aromatic N) is 1. The number of nitro groups is 1. The third-order valence-corrected chi connectivity index (χ3v) is 4.55. The average molecular weight is 285 g/mol. The maximum Gasteiger partial charge on any atom is 0.318 e. The zero-order chi connectivity index (χ0) is 14.0. The number of hydrogen-bond acceptors (Lipinski definition) is 4. The zero-order valence-electron chi connectivity index (χ0n) is 9.97. The molecule has 1 aliphatic carbocycles. The molecule has 5 nitrogen and oxygen atoms in total. The van der Waals surface area contributed by atoms with E-state index in [0.29, 0.717) is 5.75 Å². The first-order valence-electron chi connectivity index (χ1n) is 5.71. The number of carbonyl (C=O) groups is 1. The van der Waals surface area contributed by atoms with Crippen molar-refractivity contribution in [2.75, 3.05) is 5.75 Å². The van der Waals surface area contributed by atoms with E-state index in [1.54, 1.807) is 0 Å². The second-order valence-electron chi connectivity index (χ2n) is 4.70. The number of rotatable bonds is 6. The second kappa shape index (κ2) is 5.16. The van der Waals surface area contributed by atoms with Crippen LogP contribution in [0.5, 0.6) is 0 Å². The maximum absolute atomic E-state index is 13.4. The molecule has 0 saturated heterocycles. The molecule has 0 amide bonds. The summed E-state index contributed by atoms with van der Waals surface area (Å²) < 4.78 is 13.4. The van der Waals surface area contributed by atoms with E-state index in [4.69, 9.17) is 5.11 Å². The van der Waals surface area contributed by atoms with Gasteiger partial charge in [-0.25, -0.2) is 0 Å². The number of carboxylic acid groups (broad SMARTS) is 1. The highest BCUT2D eigenvalue weighted by Gasteiger charge is 2.44. The van der Waals surface area contributed by atoms with Crippen LogP contribution < -0.4 is 0 Å². The van der Waals surface area contributed by atoms with Crippen LogP contribution in [0.4, 0.5) is 10.1 Å². The summed E-state index contributed by atoms with van der Waals surface area (Å²) in [4.78, 5) is 21.0. The van der Waals surface area contributed by atoms with Crippen LogP contribution in [-0.4, -0.2) is 21.8 Å². The summed E-state index contributed by atoms with van der Waals surface area (Å²) in [7, 11) is 0. The second-order valence-corrected chi connectivity index (χ2v) is 5.72. The molecule has 2 rings (SSSR count). The molecule has 102 valence electrons. The molecule has 1 fully saturated rings. The average Bonchev–Trinajstić information content (AvgIpc) is 3.05. The molecule has 0 unspecified atom stereocenters. The van der Waals surface area contributed by atoms with E-state index in [2.05, 4.69) is 0 Å². The zero-order valence-corrected chi connectivity index (χ0v) is 10.8. The molecule has 0 aliphatic heterocycles. The Bertz CT molecular complexity index is 530. The van der Waals surface area contributed by atoms with Crippen LogP contribution in [0.2, 0.25) is 0 Å². The number of thioether (sulfide) groups is 1. The highest BCUT2D eigenvalue weighted by molar-refractivity contribution is 7.99. The van der Waals surface area contributed by atoms with Crippen LogP contribution in [0.15, 0.2) is 23.1 Å². The molecule has 1 aliphatic rings. The molecule has 1 saturated carbocycles. The Kier molecular flexibility index (Phi) is 3.75. The monoisotopic (exact) mass is 285 g/mol. The lowest BCUT2D eigenvalue weighted by Crippen LogP contribution is -2.11. The highest BCUT2D eigenvalue weighted by atomic mass is 32.2. The molecule has 0 aromatic heterocycles. The van der Waals surface area contributed by atoms with Gasteiger partial charge in [0.25, 0.3) is 0 Å². The van der Waals surface area contributed by atoms with Crippen molar-refractivity contribution in [3.05, 3.63) is 34.1 Å². The third-order valence-electron chi connectivity index (χ3n) is 3.15. The topological polar surface area (TPSA) is 80.4 Å². The van der Waals surface area contributed by atoms with Crippen molar-refractivity contribution in [2.45, 2.75) is 24.2 Å². The van der Waals surface area contributed by atoms with Crippen LogP contribution in [0.1, 0.15) is 19.3 Å². The van der Waals surface area contributed by atoms with Gasteiger partial charge in [-0.15, -0.1) is 11.8 Å². The maximum atomic E-state index is 13.4. The largest absolute Gasteiger partial charge is 0.481 e. The van der Waals surface area contributed by atoms with Crippen LogP contribution in [0, 0.1) is 21.3 Å². The summed E-state index contributed by atoms with van der Waals surface area (Å²) in [5.74, 6) is -1.27. The molecule has 0 atom stereocenters. The Morgan fingerprint density at radius 1 is 1.53 bits per heavy atom. The predicted molar refractivity (Wildman–Crippen MR) is 67.7 cm³/mol. The molecule has 19 heavy (non-hydrogen) atoms. The quantitative estimate of drug-likeness (QED) is 0.493. The number of nitro benzene ring substituents is 1. The summed E-state index contributed by atoms with van der Waals surface area (Å²) in [6, 6.07) is 3.95. The van der Waals surface area contributed by atoms with Crippen molar-refractivity contribution in [1.82, 2.24) is 0 Å². The van der Waals surface area contributed by atoms with E-state index in [0.717, 1.165) is 30.7 Å². The molecular formula is C12H12FNO4S. The van der Waals surface area contributed by atoms with E-state index in [1.807, 2.05) is 0 Å². The van der Waals surface area contributed by atoms with Crippen molar-refractivity contribution in [3.63, 3.8) is 0 Å². The lowest BCUT2D eigenvalue weighted by atomic mass is 10.1. The molecule has 1 aromatic rings. The number of aliphatic carboxylic acids is 1. The van der Waals surface area contributed by atoms with E-state index in [1.165, 1.54) is 12.1 Å². The first kappa shape index (κ1) is 13.8. The molecule has 1 aromatic carbocycles. The molecule has 0 radical (unpaired) electrons. The van der Waals surface area contributed by atoms with Crippen molar-refractivity contribution in [1.29, 1.82) is 0 Å². The van der Waals surface area contributed by atoms with Gasteiger partial charge in [0.1, 0.15) is 0 Å². The fourth-order valence-electron chi connectivity index (χ4n) is 1.89. The highest BCUT2D eigenvalue weighted by Crippen LogP contribution is 2.52. The fourth-order valence-corrected chi connectivity index (χ4v) is 3.23. The van der Waals surface area contributed by atoms with Crippen molar-refractivity contribution in [3.8, 4) is 0 Å². The minimum atomic E-state index is -0.869. The van der Waals surface area contributed by atoms with Gasteiger partial charge < -0.3 is 5.11 Å². The molecule has 7 heteroatoms. The lowest BCUT2D eigenvalue weighted by Gasteiger charge is -2.11. The van der Waals surface area contributed by atoms with E-state index < -0.39 is 22.4 Å². The van der Waals surface area contributed by atoms with Crippen LogP contribution in [0.3, 0.4) is 0 Å². The summed E-state index contributed by atoms with van der Waals surface area (Å²) in [6.07, 6.45) is 1.66. The Balaban J connectivity index is 2.10. The molecular weight excluding hydrogens is 273 g/mol. The van der Waals surface area contributed by atoms with E-state index >= 15 is 0 Å². The summed E-state index contributed by atoms with van der Waals surface area (Å²) in [6.45, 7) is 0. The first-order chi connectivity index (χ1) is 8.93. The van der Waals surface area contributed by atoms with Crippen LogP contribution in [0.25, 0.3) is 0 Å². The van der Waals surface area contributed by atoms with Crippen molar-refractivity contribution in [2.24, 2.45) is 5.41 Å². The summed E-state index contributed by atoms with van der Waals surface area (Å²) >= 11 is 1.16. The number of carboxylic acids is 1. The van der Waals surface area contributed by atoms with Gasteiger partial charge in [-0.2, -0.15) is 4.39 Å². The normalized spacial score (nSPS) is 16.1. The van der Waals surface area contributed by atoms with Crippen molar-refractivity contribution < 1.29 is 19.2 Å². The Hall–Kier alpha value is -1.63. The minimum absolute atomic E-state index is 0.0586. The van der Waals surface area contributed by atoms with Crippen molar-refractivity contribution >= 4 is 23.4 Å². The van der Waals surface area contributed by atoms with Crippen LogP contribution >= 0.6 is 11.8 Å². The Morgan fingerprint density at radius 2 is 2.21 bits per heavy atom. The number of halogens is 1. The predicted octanol–water partition coefficient (Wildman–Crippen LogP) is 3.08. The van der Waals surface area contributed by atoms with Gasteiger partial charge >= 0.3 is 11.7 Å². The van der Waals surface area contributed by atoms with Gasteiger partial charge in [-0.1, -0.05) is 6.07 Å². The molecule has 1 N–H and O–H groups in total. The number of hydrogen-bond donors (Lipinski definition) is 1. The van der Waals surface area contributed by atoms with Gasteiger partial charge in [-0.3, -0.25) is 14.9 Å². The number of benzene rings is 1. The van der Waals surface area contributed by atoms with Gasteiger partial charge in [-0.05, 0) is 30.4 Å². The molecule has 0 bridgehead atoms. The molecule has 0 heterocycles. The Morgan fingerprint density at radius 3 is 2.74 bits per heavy atom. The third kappa shape index (κ3) is 3.23. The smallest absolute Gasteiger partial charge is 0.318 e. The SMILES string of the molecule is O=C(O)CC1(CSc2cccc(F)c2[N+](=O)[O-])CC1. The standard InChI is InChI=1S/C12H12FNO4S/c13-8-2-1-3-9(11(8)14(17)18)19-7-12(4-5-12)6-10(15)16/h1-3H,4-7H2,(H,15,16). The first-order valence-corrected chi connectivity index (χ1v) is 6.70. The van der Waals surface area contributed by atoms with Gasteiger partial charge in [0, 0.05) is 5.75 Å². The van der Waals surface area contributed by atoms with Gasteiger partial charge in [0.15, 0.2) is 0 Å². The minimum Gasteiger partial charge on any atom is -0.481 e. The van der Waals surface area contributed by atoms with Crippen LogP contribution in [-0.2, 0) is 4.79 Å². The fraction of sp³-hybridized carbons (Fsp3) is 0.417. The molecule has 0 spiro atoms. The van der Waals surface area contributed by atoms with Gasteiger partial charge in [0.05, 0.1) is 16.2 Å². The van der Waals surface area contributed by atoms with E-state index in [-0.39, 0.29) is 16.7 Å². The summed E-state index contributed by atoms with van der Waals surface area (Å²) in [5.41, 5.74) is -0.810. The Labute approximate surface area is 113 Å². The van der Waals surface area contributed by atoms with Gasteiger partial charge in [0.2, 0.25) is 5.82 Å². The summed E-state index contributed by atoms with van der Waals surface area (Å²) in [5, 5.41) is 19.6. The number of para-hydroxylation sites is 1. The lowest BCUT2D eigenvalue weighted by molar-refractivity contribution is -0.390. The van der Waals surface area contributed by atoms with E-state index in [9.17, 15) is 19.3 Å².